The number of aliphatic carboxylic acids is 1. The van der Waals surface area contributed by atoms with Crippen molar-refractivity contribution in [1.82, 2.24) is 16.0 Å². The van der Waals surface area contributed by atoms with E-state index in [0.29, 0.717) is 0 Å². The molecule has 0 heterocycles. The number of carboxylic acids is 1. The van der Waals surface area contributed by atoms with E-state index < -0.39 is 23.5 Å². The average Bonchev–Trinajstić information content (AvgIpc) is 2.23. The van der Waals surface area contributed by atoms with Crippen molar-refractivity contribution in [3.05, 3.63) is 0 Å². The Morgan fingerprint density at radius 2 is 1.78 bits per heavy atom. The van der Waals surface area contributed by atoms with Gasteiger partial charge in [-0.1, -0.05) is 20.8 Å². The molecule has 1 unspecified atom stereocenters. The van der Waals surface area contributed by atoms with Crippen LogP contribution in [0.25, 0.3) is 0 Å². The van der Waals surface area contributed by atoms with E-state index in [1.165, 1.54) is 7.05 Å². The molecule has 0 aromatic carbocycles. The number of carboxylic acid groups (broad SMARTS) is 1. The number of urea groups is 1. The molecule has 0 aliphatic carbocycles. The van der Waals surface area contributed by atoms with Crippen LogP contribution in [0.5, 0.6) is 0 Å². The second-order valence-corrected chi connectivity index (χ2v) is 4.96. The van der Waals surface area contributed by atoms with E-state index >= 15 is 0 Å². The standard InChI is InChI=1S/C11H21N3O4/c1-11(2,3)8(9(16)17)14-10(18)13-6-5-7(15)12-4/h8H,5-6H2,1-4H3,(H,12,15)(H,16,17)(H2,13,14,18). The lowest BCUT2D eigenvalue weighted by atomic mass is 9.87. The Morgan fingerprint density at radius 3 is 2.17 bits per heavy atom. The Labute approximate surface area is 106 Å². The van der Waals surface area contributed by atoms with Gasteiger partial charge in [-0.2, -0.15) is 0 Å². The van der Waals surface area contributed by atoms with Crippen molar-refractivity contribution in [2.24, 2.45) is 5.41 Å². The van der Waals surface area contributed by atoms with Crippen molar-refractivity contribution in [2.45, 2.75) is 33.2 Å². The minimum Gasteiger partial charge on any atom is -0.480 e. The maximum Gasteiger partial charge on any atom is 0.326 e. The molecule has 0 aromatic heterocycles. The molecule has 18 heavy (non-hydrogen) atoms. The fraction of sp³-hybridized carbons (Fsp3) is 0.727. The first-order valence-corrected chi connectivity index (χ1v) is 5.66. The molecule has 0 fully saturated rings. The third kappa shape index (κ3) is 6.07. The van der Waals surface area contributed by atoms with Crippen LogP contribution < -0.4 is 16.0 Å². The number of hydrogen-bond acceptors (Lipinski definition) is 3. The number of nitrogens with one attached hydrogen (secondary N) is 3. The van der Waals surface area contributed by atoms with Crippen molar-refractivity contribution >= 4 is 17.9 Å². The first-order valence-electron chi connectivity index (χ1n) is 5.66. The third-order valence-electron chi connectivity index (χ3n) is 2.30. The van der Waals surface area contributed by atoms with Gasteiger partial charge in [0, 0.05) is 20.0 Å². The zero-order valence-corrected chi connectivity index (χ0v) is 11.2. The van der Waals surface area contributed by atoms with Crippen LogP contribution in [0.15, 0.2) is 0 Å². The van der Waals surface area contributed by atoms with Crippen LogP contribution in [-0.2, 0) is 9.59 Å². The molecule has 0 spiro atoms. The lowest BCUT2D eigenvalue weighted by Crippen LogP contribution is -2.52. The van der Waals surface area contributed by atoms with Crippen molar-refractivity contribution in [2.75, 3.05) is 13.6 Å². The number of rotatable bonds is 5. The van der Waals surface area contributed by atoms with E-state index in [1.807, 2.05) is 0 Å². The molecular formula is C11H21N3O4. The van der Waals surface area contributed by atoms with E-state index in [2.05, 4.69) is 16.0 Å². The zero-order valence-electron chi connectivity index (χ0n) is 11.2. The van der Waals surface area contributed by atoms with Gasteiger partial charge in [-0.15, -0.1) is 0 Å². The summed E-state index contributed by atoms with van der Waals surface area (Å²) in [4.78, 5) is 33.4. The van der Waals surface area contributed by atoms with Crippen molar-refractivity contribution in [1.29, 1.82) is 0 Å². The van der Waals surface area contributed by atoms with Gasteiger partial charge in [-0.25, -0.2) is 9.59 Å². The van der Waals surface area contributed by atoms with E-state index in [1.54, 1.807) is 20.8 Å². The number of amides is 3. The molecule has 0 bridgehead atoms. The van der Waals surface area contributed by atoms with E-state index in [4.69, 9.17) is 5.11 Å². The van der Waals surface area contributed by atoms with Crippen molar-refractivity contribution < 1.29 is 19.5 Å². The van der Waals surface area contributed by atoms with E-state index in [-0.39, 0.29) is 18.9 Å². The summed E-state index contributed by atoms with van der Waals surface area (Å²) in [7, 11) is 1.50. The van der Waals surface area contributed by atoms with Gasteiger partial charge in [0.2, 0.25) is 5.91 Å². The summed E-state index contributed by atoms with van der Waals surface area (Å²) in [5.74, 6) is -1.29. The molecule has 0 aliphatic heterocycles. The summed E-state index contributed by atoms with van der Waals surface area (Å²) in [6.45, 7) is 5.31. The second-order valence-electron chi connectivity index (χ2n) is 4.96. The van der Waals surface area contributed by atoms with E-state index in [0.717, 1.165) is 0 Å². The minimum atomic E-state index is -1.09. The molecular weight excluding hydrogens is 238 g/mol. The molecule has 7 heteroatoms. The first kappa shape index (κ1) is 16.2. The number of carbonyl (C=O) groups is 3. The van der Waals surface area contributed by atoms with Gasteiger partial charge in [0.15, 0.2) is 0 Å². The molecule has 104 valence electrons. The fourth-order valence-electron chi connectivity index (χ4n) is 1.25. The van der Waals surface area contributed by atoms with E-state index in [9.17, 15) is 14.4 Å². The molecule has 0 saturated heterocycles. The maximum atomic E-state index is 11.5. The zero-order chi connectivity index (χ0) is 14.3. The highest BCUT2D eigenvalue weighted by Crippen LogP contribution is 2.19. The highest BCUT2D eigenvalue weighted by Gasteiger charge is 2.32. The minimum absolute atomic E-state index is 0.150. The van der Waals surface area contributed by atoms with Gasteiger partial charge in [0.1, 0.15) is 6.04 Å². The van der Waals surface area contributed by atoms with Gasteiger partial charge >= 0.3 is 12.0 Å². The smallest absolute Gasteiger partial charge is 0.326 e. The van der Waals surface area contributed by atoms with Crippen LogP contribution >= 0.6 is 0 Å². The molecule has 0 saturated carbocycles. The Bertz CT molecular complexity index is 323. The molecule has 4 N–H and O–H groups in total. The second kappa shape index (κ2) is 6.83. The lowest BCUT2D eigenvalue weighted by Gasteiger charge is -2.27. The predicted molar refractivity (Wildman–Crippen MR) is 66.1 cm³/mol. The largest absolute Gasteiger partial charge is 0.480 e. The number of hydrogen-bond donors (Lipinski definition) is 4. The van der Waals surface area contributed by atoms with Crippen LogP contribution in [-0.4, -0.2) is 42.6 Å². The SMILES string of the molecule is CNC(=O)CCNC(=O)NC(C(=O)O)C(C)(C)C. The first-order chi connectivity index (χ1) is 8.18. The summed E-state index contributed by atoms with van der Waals surface area (Å²) in [5, 5.41) is 16.2. The Kier molecular flexibility index (Phi) is 6.15. The molecule has 0 aliphatic rings. The van der Waals surface area contributed by atoms with Crippen LogP contribution in [0, 0.1) is 5.41 Å². The van der Waals surface area contributed by atoms with Crippen molar-refractivity contribution in [3.8, 4) is 0 Å². The highest BCUT2D eigenvalue weighted by molar-refractivity contribution is 5.83. The normalized spacial score (nSPS) is 12.4. The Balaban J connectivity index is 4.20. The summed E-state index contributed by atoms with van der Waals surface area (Å²) >= 11 is 0. The monoisotopic (exact) mass is 259 g/mol. The Hall–Kier alpha value is -1.79. The lowest BCUT2D eigenvalue weighted by molar-refractivity contribution is -0.141. The molecule has 1 atom stereocenters. The van der Waals surface area contributed by atoms with Gasteiger partial charge in [0.25, 0.3) is 0 Å². The fourth-order valence-corrected chi connectivity index (χ4v) is 1.25. The molecule has 0 radical (unpaired) electrons. The summed E-state index contributed by atoms with van der Waals surface area (Å²) < 4.78 is 0. The van der Waals surface area contributed by atoms with Gasteiger partial charge < -0.3 is 21.1 Å². The summed E-state index contributed by atoms with van der Waals surface area (Å²) in [6.07, 6.45) is 0.150. The predicted octanol–water partition coefficient (Wildman–Crippen LogP) is -0.0790. The Morgan fingerprint density at radius 1 is 1.22 bits per heavy atom. The molecule has 7 nitrogen and oxygen atoms in total. The van der Waals surface area contributed by atoms with Crippen molar-refractivity contribution in [3.63, 3.8) is 0 Å². The molecule has 0 rings (SSSR count). The molecule has 3 amide bonds. The average molecular weight is 259 g/mol. The molecule has 0 aromatic rings. The topological polar surface area (TPSA) is 108 Å². The summed E-state index contributed by atoms with van der Waals surface area (Å²) in [6, 6.07) is -1.58. The van der Waals surface area contributed by atoms with Gasteiger partial charge in [-0.05, 0) is 5.41 Å². The maximum absolute atomic E-state index is 11.5. The van der Waals surface area contributed by atoms with Crippen LogP contribution in [0.2, 0.25) is 0 Å². The third-order valence-corrected chi connectivity index (χ3v) is 2.30. The van der Waals surface area contributed by atoms with Gasteiger partial charge in [-0.3, -0.25) is 4.79 Å². The number of carbonyl (C=O) groups excluding carboxylic acids is 2. The highest BCUT2D eigenvalue weighted by atomic mass is 16.4. The van der Waals surface area contributed by atoms with Crippen LogP contribution in [0.1, 0.15) is 27.2 Å². The van der Waals surface area contributed by atoms with Crippen LogP contribution in [0.3, 0.4) is 0 Å². The quantitative estimate of drug-likeness (QED) is 0.554. The van der Waals surface area contributed by atoms with Gasteiger partial charge in [0.05, 0.1) is 0 Å². The van der Waals surface area contributed by atoms with Crippen LogP contribution in [0.4, 0.5) is 4.79 Å². The summed E-state index contributed by atoms with van der Waals surface area (Å²) in [5.41, 5.74) is -0.593.